The van der Waals surface area contributed by atoms with Gasteiger partial charge in [0.25, 0.3) is 10.1 Å². The van der Waals surface area contributed by atoms with E-state index in [0.717, 1.165) is 16.4 Å². The first-order chi connectivity index (χ1) is 10.4. The smallest absolute Gasteiger partial charge is 0.267 e. The molecule has 1 unspecified atom stereocenters. The molecular weight excluding hydrogens is 328 g/mol. The van der Waals surface area contributed by atoms with Crippen LogP contribution in [0.4, 0.5) is 0 Å². The molecule has 8 heteroatoms. The van der Waals surface area contributed by atoms with E-state index in [2.05, 4.69) is 0 Å². The van der Waals surface area contributed by atoms with Crippen molar-refractivity contribution in [2.45, 2.75) is 4.90 Å². The molecule has 3 rings (SSSR count). The minimum atomic E-state index is -4.13. The normalized spacial score (nSPS) is 13.7. The molecule has 3 aromatic rings. The summed E-state index contributed by atoms with van der Waals surface area (Å²) < 4.78 is 52.3. The van der Waals surface area contributed by atoms with Crippen molar-refractivity contribution in [1.29, 1.82) is 0 Å². The van der Waals surface area contributed by atoms with Crippen LogP contribution >= 0.6 is 0 Å². The Morgan fingerprint density at radius 1 is 1.09 bits per heavy atom. The highest BCUT2D eigenvalue weighted by molar-refractivity contribution is 7.85. The summed E-state index contributed by atoms with van der Waals surface area (Å²) in [5.74, 6) is -0.606. The summed E-state index contributed by atoms with van der Waals surface area (Å²) in [6.45, 7) is -0.358. The highest BCUT2D eigenvalue weighted by atomic mass is 32.2. The molecule has 2 aromatic carbocycles. The Labute approximate surface area is 129 Å². The van der Waals surface area contributed by atoms with Gasteiger partial charge < -0.3 is 4.42 Å². The van der Waals surface area contributed by atoms with Crippen LogP contribution in [0.1, 0.15) is 0 Å². The van der Waals surface area contributed by atoms with Gasteiger partial charge >= 0.3 is 0 Å². The summed E-state index contributed by atoms with van der Waals surface area (Å²) >= 11 is -1.83. The van der Waals surface area contributed by atoms with Gasteiger partial charge in [-0.25, -0.2) is 4.21 Å². The van der Waals surface area contributed by atoms with Crippen LogP contribution in [0.15, 0.2) is 51.8 Å². The van der Waals surface area contributed by atoms with Crippen molar-refractivity contribution in [1.82, 2.24) is 0 Å². The Morgan fingerprint density at radius 3 is 2.59 bits per heavy atom. The van der Waals surface area contributed by atoms with Gasteiger partial charge in [0.15, 0.2) is 11.1 Å². The number of hydrogen-bond donors (Lipinski definition) is 1. The zero-order chi connectivity index (χ0) is 15.7. The molecule has 1 atom stereocenters. The van der Waals surface area contributed by atoms with E-state index in [9.17, 15) is 12.6 Å². The second-order valence-electron chi connectivity index (χ2n) is 4.60. The topological polar surface area (TPSA) is 93.8 Å². The van der Waals surface area contributed by atoms with E-state index in [1.165, 1.54) is 0 Å². The summed E-state index contributed by atoms with van der Waals surface area (Å²) in [6, 6.07) is 12.5. The molecule has 0 aliphatic rings. The minimum absolute atomic E-state index is 0.358. The lowest BCUT2D eigenvalue weighted by Gasteiger charge is -2.02. The van der Waals surface area contributed by atoms with Crippen molar-refractivity contribution in [2.75, 3.05) is 12.4 Å². The lowest BCUT2D eigenvalue weighted by molar-refractivity contribution is 0.365. The average molecular weight is 340 g/mol. The van der Waals surface area contributed by atoms with Crippen molar-refractivity contribution in [3.8, 4) is 0 Å². The molecular formula is C14H12O6S2. The van der Waals surface area contributed by atoms with E-state index in [4.69, 9.17) is 13.2 Å². The molecule has 6 nitrogen and oxygen atoms in total. The first-order valence-electron chi connectivity index (χ1n) is 6.35. The highest BCUT2D eigenvalue weighted by Gasteiger charge is 2.12. The van der Waals surface area contributed by atoms with E-state index in [0.29, 0.717) is 10.5 Å². The van der Waals surface area contributed by atoms with Gasteiger partial charge in [-0.3, -0.25) is 8.74 Å². The summed E-state index contributed by atoms with van der Waals surface area (Å²) in [5.41, 5.74) is 1.30. The van der Waals surface area contributed by atoms with Crippen LogP contribution in [0.25, 0.3) is 21.9 Å². The predicted molar refractivity (Wildman–Crippen MR) is 82.5 cm³/mol. The second kappa shape index (κ2) is 5.81. The van der Waals surface area contributed by atoms with Crippen molar-refractivity contribution in [3.05, 3.63) is 42.5 Å². The van der Waals surface area contributed by atoms with Crippen LogP contribution in [0.2, 0.25) is 0 Å². The lowest BCUT2D eigenvalue weighted by Crippen LogP contribution is -2.11. The Hall–Kier alpha value is -1.74. The van der Waals surface area contributed by atoms with Crippen LogP contribution < -0.4 is 0 Å². The van der Waals surface area contributed by atoms with Crippen molar-refractivity contribution in [3.63, 3.8) is 0 Å². The van der Waals surface area contributed by atoms with E-state index in [-0.39, 0.29) is 6.61 Å². The SMILES string of the molecule is O=S(OCCS(=O)(=O)O)c1ccc2c(c1)oc1ccccc12. The van der Waals surface area contributed by atoms with E-state index >= 15 is 0 Å². The molecule has 0 bridgehead atoms. The Bertz CT molecular complexity index is 958. The fourth-order valence-corrected chi connectivity index (χ4v) is 3.25. The molecule has 0 saturated carbocycles. The maximum absolute atomic E-state index is 12.0. The summed E-state index contributed by atoms with van der Waals surface area (Å²) in [4.78, 5) is 0.363. The molecule has 0 saturated heterocycles. The molecule has 0 amide bonds. The first-order valence-corrected chi connectivity index (χ1v) is 9.04. The maximum Gasteiger partial charge on any atom is 0.267 e. The Balaban J connectivity index is 1.85. The Morgan fingerprint density at radius 2 is 1.82 bits per heavy atom. The van der Waals surface area contributed by atoms with Crippen molar-refractivity contribution < 1.29 is 25.8 Å². The zero-order valence-corrected chi connectivity index (χ0v) is 12.9. The number of benzene rings is 2. The van der Waals surface area contributed by atoms with Crippen LogP contribution in [0.5, 0.6) is 0 Å². The zero-order valence-electron chi connectivity index (χ0n) is 11.3. The van der Waals surface area contributed by atoms with Gasteiger partial charge in [0.2, 0.25) is 0 Å². The quantitative estimate of drug-likeness (QED) is 0.717. The van der Waals surface area contributed by atoms with Gasteiger partial charge in [-0.05, 0) is 24.3 Å². The molecule has 22 heavy (non-hydrogen) atoms. The van der Waals surface area contributed by atoms with Crippen molar-refractivity contribution >= 4 is 43.1 Å². The van der Waals surface area contributed by atoms with Gasteiger partial charge in [-0.15, -0.1) is 0 Å². The molecule has 1 heterocycles. The maximum atomic E-state index is 12.0. The number of para-hydroxylation sites is 1. The monoisotopic (exact) mass is 340 g/mol. The summed E-state index contributed by atoms with van der Waals surface area (Å²) in [5, 5.41) is 1.86. The minimum Gasteiger partial charge on any atom is -0.456 e. The standard InChI is InChI=1S/C14H12O6S2/c15-21(19-7-8-22(16,17)18)10-5-6-12-11-3-1-2-4-13(11)20-14(12)9-10/h1-6,9H,7-8H2,(H,16,17,18). The second-order valence-corrected chi connectivity index (χ2v) is 7.35. The fraction of sp³-hybridized carbons (Fsp3) is 0.143. The number of hydrogen-bond acceptors (Lipinski definition) is 5. The van der Waals surface area contributed by atoms with Gasteiger partial charge in [0, 0.05) is 10.8 Å². The molecule has 0 radical (unpaired) electrons. The number of rotatable bonds is 5. The fourth-order valence-electron chi connectivity index (χ4n) is 2.09. The third-order valence-electron chi connectivity index (χ3n) is 3.07. The largest absolute Gasteiger partial charge is 0.456 e. The summed E-state index contributed by atoms with van der Waals surface area (Å²) in [7, 11) is -4.13. The van der Waals surface area contributed by atoms with Crippen LogP contribution in [-0.4, -0.2) is 29.5 Å². The molecule has 1 N–H and O–H groups in total. The third-order valence-corrected chi connectivity index (χ3v) is 4.78. The van der Waals surface area contributed by atoms with Crippen LogP contribution in [0, 0.1) is 0 Å². The number of furan rings is 1. The lowest BCUT2D eigenvalue weighted by atomic mass is 10.2. The Kier molecular flexibility index (Phi) is 4.00. The summed E-state index contributed by atoms with van der Waals surface area (Å²) in [6.07, 6.45) is 0. The van der Waals surface area contributed by atoms with Gasteiger partial charge in [-0.2, -0.15) is 8.42 Å². The third kappa shape index (κ3) is 3.20. The van der Waals surface area contributed by atoms with Gasteiger partial charge in [-0.1, -0.05) is 18.2 Å². The van der Waals surface area contributed by atoms with Gasteiger partial charge in [0.1, 0.15) is 16.9 Å². The molecule has 0 spiro atoms. The van der Waals surface area contributed by atoms with E-state index in [1.54, 1.807) is 18.2 Å². The predicted octanol–water partition coefficient (Wildman–Crippen LogP) is 2.51. The van der Waals surface area contributed by atoms with Crippen LogP contribution in [-0.2, 0) is 25.4 Å². The molecule has 1 aromatic heterocycles. The molecule has 116 valence electrons. The van der Waals surface area contributed by atoms with E-state index < -0.39 is 27.0 Å². The molecule has 0 fully saturated rings. The van der Waals surface area contributed by atoms with E-state index in [1.807, 2.05) is 24.3 Å². The average Bonchev–Trinajstić information content (AvgIpc) is 2.83. The molecule has 0 aliphatic carbocycles. The van der Waals surface area contributed by atoms with Crippen LogP contribution in [0.3, 0.4) is 0 Å². The molecule has 0 aliphatic heterocycles. The number of fused-ring (bicyclic) bond motifs is 3. The van der Waals surface area contributed by atoms with Gasteiger partial charge in [0.05, 0.1) is 11.5 Å². The first kappa shape index (κ1) is 15.2. The van der Waals surface area contributed by atoms with Crippen molar-refractivity contribution in [2.24, 2.45) is 0 Å². The highest BCUT2D eigenvalue weighted by Crippen LogP contribution is 2.29.